The van der Waals surface area contributed by atoms with Gasteiger partial charge in [0.05, 0.1) is 0 Å². The van der Waals surface area contributed by atoms with Crippen molar-refractivity contribution in [3.05, 3.63) is 35.4 Å². The molecule has 20 heavy (non-hydrogen) atoms. The number of piperidine rings is 1. The largest absolute Gasteiger partial charge is 0.298 e. The second-order valence-electron chi connectivity index (χ2n) is 6.85. The number of aryl methyl sites for hydroxylation is 1. The fourth-order valence-electron chi connectivity index (χ4n) is 4.50. The highest BCUT2D eigenvalue weighted by Crippen LogP contribution is 2.28. The van der Waals surface area contributed by atoms with Gasteiger partial charge in [0.25, 0.3) is 0 Å². The second kappa shape index (κ2) is 5.50. The maximum atomic E-state index is 2.81. The zero-order valence-electron chi connectivity index (χ0n) is 12.4. The molecule has 108 valence electrons. The van der Waals surface area contributed by atoms with Crippen molar-refractivity contribution in [3.8, 4) is 0 Å². The van der Waals surface area contributed by atoms with E-state index in [0.717, 1.165) is 12.1 Å². The number of hydrogen-bond donors (Lipinski definition) is 0. The summed E-state index contributed by atoms with van der Waals surface area (Å²) in [4.78, 5) is 5.55. The van der Waals surface area contributed by atoms with Gasteiger partial charge in [-0.3, -0.25) is 9.80 Å². The molecule has 2 saturated heterocycles. The monoisotopic (exact) mass is 270 g/mol. The minimum Gasteiger partial charge on any atom is -0.298 e. The molecule has 2 heteroatoms. The molecular formula is C18H26N2. The Kier molecular flexibility index (Phi) is 3.53. The highest BCUT2D eigenvalue weighted by Gasteiger charge is 2.33. The Balaban J connectivity index is 1.44. The number of nitrogens with zero attached hydrogens (tertiary/aromatic N) is 2. The zero-order chi connectivity index (χ0) is 13.4. The van der Waals surface area contributed by atoms with Crippen LogP contribution in [-0.4, -0.2) is 48.1 Å². The van der Waals surface area contributed by atoms with Crippen LogP contribution >= 0.6 is 0 Å². The number of hydrogen-bond acceptors (Lipinski definition) is 2. The SMILES string of the molecule is c1ccc2c(c1)CCC(N1CCN3CCCCC3C1)C2. The maximum Gasteiger partial charge on any atom is 0.0223 e. The summed E-state index contributed by atoms with van der Waals surface area (Å²) < 4.78 is 0. The van der Waals surface area contributed by atoms with Gasteiger partial charge in [-0.05, 0) is 49.8 Å². The lowest BCUT2D eigenvalue weighted by Crippen LogP contribution is -2.57. The van der Waals surface area contributed by atoms with Crippen LogP contribution in [0.15, 0.2) is 24.3 Å². The van der Waals surface area contributed by atoms with Gasteiger partial charge < -0.3 is 0 Å². The van der Waals surface area contributed by atoms with Crippen molar-refractivity contribution < 1.29 is 0 Å². The van der Waals surface area contributed by atoms with Crippen LogP contribution in [0.1, 0.15) is 36.8 Å². The maximum absolute atomic E-state index is 2.81. The predicted octanol–water partition coefficient (Wildman–Crippen LogP) is 2.71. The van der Waals surface area contributed by atoms with Crippen LogP contribution in [-0.2, 0) is 12.8 Å². The summed E-state index contributed by atoms with van der Waals surface area (Å²) in [6.45, 7) is 5.28. The molecule has 2 unspecified atom stereocenters. The van der Waals surface area contributed by atoms with Gasteiger partial charge in [0.1, 0.15) is 0 Å². The molecule has 0 N–H and O–H groups in total. The van der Waals surface area contributed by atoms with Crippen molar-refractivity contribution in [3.63, 3.8) is 0 Å². The lowest BCUT2D eigenvalue weighted by Gasteiger charge is -2.47. The average Bonchev–Trinajstić information content (AvgIpc) is 2.54. The molecule has 0 bridgehead atoms. The molecular weight excluding hydrogens is 244 g/mol. The van der Waals surface area contributed by atoms with Crippen molar-refractivity contribution in [2.45, 2.75) is 50.6 Å². The average molecular weight is 270 g/mol. The Hall–Kier alpha value is -0.860. The summed E-state index contributed by atoms with van der Waals surface area (Å²) in [5.74, 6) is 0. The molecule has 0 amide bonds. The van der Waals surface area contributed by atoms with Crippen molar-refractivity contribution in [2.75, 3.05) is 26.2 Å². The van der Waals surface area contributed by atoms with Crippen LogP contribution in [0.3, 0.4) is 0 Å². The normalized spacial score (nSPS) is 31.6. The van der Waals surface area contributed by atoms with Gasteiger partial charge in [0.15, 0.2) is 0 Å². The van der Waals surface area contributed by atoms with E-state index in [1.165, 1.54) is 64.7 Å². The molecule has 2 nitrogen and oxygen atoms in total. The second-order valence-corrected chi connectivity index (χ2v) is 6.85. The molecule has 3 aliphatic rings. The first-order valence-corrected chi connectivity index (χ1v) is 8.45. The van der Waals surface area contributed by atoms with E-state index in [-0.39, 0.29) is 0 Å². The molecule has 0 aromatic heterocycles. The first kappa shape index (κ1) is 12.8. The van der Waals surface area contributed by atoms with Gasteiger partial charge >= 0.3 is 0 Å². The van der Waals surface area contributed by atoms with Crippen LogP contribution in [0.2, 0.25) is 0 Å². The zero-order valence-corrected chi connectivity index (χ0v) is 12.4. The lowest BCUT2D eigenvalue weighted by atomic mass is 9.86. The molecule has 2 aliphatic heterocycles. The van der Waals surface area contributed by atoms with E-state index in [0.29, 0.717) is 0 Å². The highest BCUT2D eigenvalue weighted by atomic mass is 15.3. The molecule has 0 radical (unpaired) electrons. The number of piperazine rings is 1. The summed E-state index contributed by atoms with van der Waals surface area (Å²) in [6.07, 6.45) is 8.23. The first-order valence-electron chi connectivity index (χ1n) is 8.45. The summed E-state index contributed by atoms with van der Waals surface area (Å²) in [5.41, 5.74) is 3.20. The third-order valence-corrected chi connectivity index (χ3v) is 5.71. The van der Waals surface area contributed by atoms with E-state index in [2.05, 4.69) is 34.1 Å². The summed E-state index contributed by atoms with van der Waals surface area (Å²) >= 11 is 0. The lowest BCUT2D eigenvalue weighted by molar-refractivity contribution is 0.0241. The minimum absolute atomic E-state index is 0.800. The molecule has 4 rings (SSSR count). The summed E-state index contributed by atoms with van der Waals surface area (Å²) in [5, 5.41) is 0. The quantitative estimate of drug-likeness (QED) is 0.774. The number of rotatable bonds is 1. The van der Waals surface area contributed by atoms with Gasteiger partial charge in [0, 0.05) is 31.7 Å². The van der Waals surface area contributed by atoms with Gasteiger partial charge in [-0.2, -0.15) is 0 Å². The van der Waals surface area contributed by atoms with E-state index in [1.807, 2.05) is 0 Å². The molecule has 2 atom stereocenters. The van der Waals surface area contributed by atoms with Crippen molar-refractivity contribution in [2.24, 2.45) is 0 Å². The molecule has 0 saturated carbocycles. The van der Waals surface area contributed by atoms with Gasteiger partial charge in [-0.1, -0.05) is 30.7 Å². The molecule has 1 aliphatic carbocycles. The first-order chi connectivity index (χ1) is 9.90. The van der Waals surface area contributed by atoms with Crippen LogP contribution < -0.4 is 0 Å². The third-order valence-electron chi connectivity index (χ3n) is 5.71. The fraction of sp³-hybridized carbons (Fsp3) is 0.667. The van der Waals surface area contributed by atoms with E-state index in [1.54, 1.807) is 11.1 Å². The standard InChI is InChI=1S/C18H26N2/c1-2-6-16-13-17(9-8-15(16)5-1)20-12-11-19-10-4-3-7-18(19)14-20/h1-2,5-6,17-18H,3-4,7-14H2. The van der Waals surface area contributed by atoms with Gasteiger partial charge in [0.2, 0.25) is 0 Å². The van der Waals surface area contributed by atoms with Crippen molar-refractivity contribution in [1.82, 2.24) is 9.80 Å². The Morgan fingerprint density at radius 1 is 0.800 bits per heavy atom. The Bertz CT molecular complexity index is 470. The predicted molar refractivity (Wildman–Crippen MR) is 83.0 cm³/mol. The summed E-state index contributed by atoms with van der Waals surface area (Å²) in [7, 11) is 0. The van der Waals surface area contributed by atoms with E-state index in [9.17, 15) is 0 Å². The topological polar surface area (TPSA) is 6.48 Å². The van der Waals surface area contributed by atoms with Crippen LogP contribution in [0.5, 0.6) is 0 Å². The van der Waals surface area contributed by atoms with Crippen molar-refractivity contribution >= 4 is 0 Å². The Morgan fingerprint density at radius 3 is 2.60 bits per heavy atom. The molecule has 2 heterocycles. The Morgan fingerprint density at radius 2 is 1.65 bits per heavy atom. The molecule has 1 aromatic rings. The van der Waals surface area contributed by atoms with E-state index < -0.39 is 0 Å². The van der Waals surface area contributed by atoms with Gasteiger partial charge in [-0.15, -0.1) is 0 Å². The summed E-state index contributed by atoms with van der Waals surface area (Å²) in [6, 6.07) is 10.7. The number of benzene rings is 1. The van der Waals surface area contributed by atoms with E-state index in [4.69, 9.17) is 0 Å². The van der Waals surface area contributed by atoms with Crippen LogP contribution in [0.4, 0.5) is 0 Å². The Labute approximate surface area is 122 Å². The minimum atomic E-state index is 0.800. The third kappa shape index (κ3) is 2.40. The van der Waals surface area contributed by atoms with Gasteiger partial charge in [-0.25, -0.2) is 0 Å². The smallest absolute Gasteiger partial charge is 0.0223 e. The van der Waals surface area contributed by atoms with Crippen LogP contribution in [0.25, 0.3) is 0 Å². The molecule has 0 spiro atoms. The van der Waals surface area contributed by atoms with Crippen LogP contribution in [0, 0.1) is 0 Å². The molecule has 2 fully saturated rings. The highest BCUT2D eigenvalue weighted by molar-refractivity contribution is 5.30. The van der Waals surface area contributed by atoms with Crippen molar-refractivity contribution in [1.29, 1.82) is 0 Å². The molecule has 1 aromatic carbocycles. The fourth-order valence-corrected chi connectivity index (χ4v) is 4.50. The van der Waals surface area contributed by atoms with E-state index >= 15 is 0 Å². The number of fused-ring (bicyclic) bond motifs is 2.